The van der Waals surface area contributed by atoms with Gasteiger partial charge in [0.25, 0.3) is 15.9 Å². The molecule has 0 saturated heterocycles. The first-order valence-electron chi connectivity index (χ1n) is 8.37. The van der Waals surface area contributed by atoms with Crippen LogP contribution in [-0.2, 0) is 17.1 Å². The summed E-state index contributed by atoms with van der Waals surface area (Å²) < 4.78 is 34.5. The zero-order valence-electron chi connectivity index (χ0n) is 15.6. The van der Waals surface area contributed by atoms with Gasteiger partial charge in [0.05, 0.1) is 34.6 Å². The number of methoxy groups -OCH3 is 1. The molecule has 0 aliphatic rings. The quantitative estimate of drug-likeness (QED) is 0.662. The number of nitrogens with one attached hydrogen (secondary N) is 2. The molecule has 146 valence electrons. The number of anilines is 2. The van der Waals surface area contributed by atoms with Crippen LogP contribution in [0.5, 0.6) is 5.75 Å². The molecular weight excluding hydrogens is 380 g/mol. The maximum Gasteiger partial charge on any atom is 0.261 e. The van der Waals surface area contributed by atoms with E-state index >= 15 is 0 Å². The average molecular weight is 400 g/mol. The van der Waals surface area contributed by atoms with Gasteiger partial charge in [-0.25, -0.2) is 8.42 Å². The Morgan fingerprint density at radius 2 is 1.71 bits per heavy atom. The summed E-state index contributed by atoms with van der Waals surface area (Å²) in [5.41, 5.74) is 1.59. The van der Waals surface area contributed by atoms with Crippen LogP contribution in [0.3, 0.4) is 0 Å². The van der Waals surface area contributed by atoms with Crippen molar-refractivity contribution in [2.24, 2.45) is 7.05 Å². The molecule has 3 rings (SSSR count). The topological polar surface area (TPSA) is 102 Å². The Balaban J connectivity index is 1.85. The molecule has 0 unspecified atom stereocenters. The maximum atomic E-state index is 12.7. The third kappa shape index (κ3) is 4.15. The number of amides is 1. The highest BCUT2D eigenvalue weighted by atomic mass is 32.2. The van der Waals surface area contributed by atoms with Crippen LogP contribution >= 0.6 is 0 Å². The fraction of sp³-hybridized carbons (Fsp3) is 0.158. The molecule has 3 aromatic rings. The van der Waals surface area contributed by atoms with Crippen LogP contribution in [0.25, 0.3) is 0 Å². The van der Waals surface area contributed by atoms with E-state index in [1.54, 1.807) is 61.2 Å². The number of hydrogen-bond acceptors (Lipinski definition) is 5. The first kappa shape index (κ1) is 19.4. The Labute approximate surface area is 163 Å². The third-order valence-electron chi connectivity index (χ3n) is 4.05. The summed E-state index contributed by atoms with van der Waals surface area (Å²) in [6.45, 7) is 1.73. The Kier molecular flexibility index (Phi) is 5.36. The van der Waals surface area contributed by atoms with Gasteiger partial charge in [-0.3, -0.25) is 14.2 Å². The van der Waals surface area contributed by atoms with Crippen LogP contribution in [0.4, 0.5) is 11.4 Å². The summed E-state index contributed by atoms with van der Waals surface area (Å²) in [6, 6.07) is 12.6. The molecule has 0 saturated carbocycles. The Morgan fingerprint density at radius 3 is 2.29 bits per heavy atom. The van der Waals surface area contributed by atoms with Crippen LogP contribution in [0, 0.1) is 6.92 Å². The minimum atomic E-state index is -3.84. The molecule has 8 nitrogen and oxygen atoms in total. The van der Waals surface area contributed by atoms with E-state index in [-0.39, 0.29) is 16.5 Å². The molecule has 0 spiro atoms. The number of ether oxygens (including phenoxy) is 1. The highest BCUT2D eigenvalue weighted by Gasteiger charge is 2.18. The van der Waals surface area contributed by atoms with Crippen molar-refractivity contribution in [3.63, 3.8) is 0 Å². The van der Waals surface area contributed by atoms with E-state index in [0.29, 0.717) is 22.7 Å². The van der Waals surface area contributed by atoms with Crippen molar-refractivity contribution in [2.45, 2.75) is 11.8 Å². The summed E-state index contributed by atoms with van der Waals surface area (Å²) in [6.07, 6.45) is 1.61. The molecule has 1 aromatic heterocycles. The van der Waals surface area contributed by atoms with Gasteiger partial charge < -0.3 is 10.1 Å². The second-order valence-electron chi connectivity index (χ2n) is 6.08. The fourth-order valence-electron chi connectivity index (χ4n) is 2.65. The molecule has 0 aliphatic carbocycles. The Hall–Kier alpha value is -3.33. The van der Waals surface area contributed by atoms with Gasteiger partial charge in [0.1, 0.15) is 5.75 Å². The molecular formula is C19H20N4O4S. The van der Waals surface area contributed by atoms with Gasteiger partial charge in [0, 0.05) is 13.2 Å². The van der Waals surface area contributed by atoms with Crippen LogP contribution in [-0.4, -0.2) is 31.2 Å². The van der Waals surface area contributed by atoms with Crippen molar-refractivity contribution in [3.05, 3.63) is 66.0 Å². The van der Waals surface area contributed by atoms with E-state index in [1.807, 2.05) is 0 Å². The minimum absolute atomic E-state index is 0.0810. The molecule has 0 atom stereocenters. The van der Waals surface area contributed by atoms with Gasteiger partial charge >= 0.3 is 0 Å². The monoisotopic (exact) mass is 400 g/mol. The number of carbonyl (C=O) groups excluding carboxylic acids is 1. The van der Waals surface area contributed by atoms with Crippen molar-refractivity contribution in [3.8, 4) is 5.75 Å². The summed E-state index contributed by atoms with van der Waals surface area (Å²) in [4.78, 5) is 12.6. The molecule has 1 heterocycles. The van der Waals surface area contributed by atoms with Crippen molar-refractivity contribution in [1.82, 2.24) is 9.78 Å². The molecule has 0 bridgehead atoms. The van der Waals surface area contributed by atoms with Gasteiger partial charge in [-0.05, 0) is 43.3 Å². The van der Waals surface area contributed by atoms with Crippen molar-refractivity contribution in [1.29, 1.82) is 0 Å². The van der Waals surface area contributed by atoms with Gasteiger partial charge in [0.15, 0.2) is 0 Å². The summed E-state index contributed by atoms with van der Waals surface area (Å²) in [5.74, 6) is 0.181. The lowest BCUT2D eigenvalue weighted by Crippen LogP contribution is -2.17. The molecule has 2 N–H and O–H groups in total. The van der Waals surface area contributed by atoms with Crippen LogP contribution in [0.15, 0.2) is 59.6 Å². The zero-order valence-corrected chi connectivity index (χ0v) is 16.4. The normalized spacial score (nSPS) is 11.1. The summed E-state index contributed by atoms with van der Waals surface area (Å²) in [5, 5.41) is 6.88. The fourth-order valence-corrected chi connectivity index (χ4v) is 3.73. The largest absolute Gasteiger partial charge is 0.497 e. The number of aryl methyl sites for hydroxylation is 2. The number of aromatic nitrogens is 2. The van der Waals surface area contributed by atoms with Gasteiger partial charge in [0.2, 0.25) is 0 Å². The Morgan fingerprint density at radius 1 is 1.07 bits per heavy atom. The number of hydrogen-bond donors (Lipinski definition) is 2. The smallest absolute Gasteiger partial charge is 0.261 e. The SMILES string of the molecule is COc1ccc(S(=O)(=O)Nc2ccccc2NC(=O)c2cn(C)nc2C)cc1. The van der Waals surface area contributed by atoms with E-state index in [1.165, 1.54) is 19.2 Å². The molecule has 0 radical (unpaired) electrons. The van der Waals surface area contributed by atoms with Crippen molar-refractivity contribution >= 4 is 27.3 Å². The first-order valence-corrected chi connectivity index (χ1v) is 9.86. The van der Waals surface area contributed by atoms with Crippen LogP contribution in [0.2, 0.25) is 0 Å². The number of rotatable bonds is 6. The van der Waals surface area contributed by atoms with E-state index in [0.717, 1.165) is 0 Å². The summed E-state index contributed by atoms with van der Waals surface area (Å²) in [7, 11) is -0.611. The van der Waals surface area contributed by atoms with Gasteiger partial charge in [-0.2, -0.15) is 5.10 Å². The average Bonchev–Trinajstić information content (AvgIpc) is 3.01. The second kappa shape index (κ2) is 7.73. The lowest BCUT2D eigenvalue weighted by atomic mass is 10.2. The molecule has 2 aromatic carbocycles. The lowest BCUT2D eigenvalue weighted by Gasteiger charge is -2.13. The maximum absolute atomic E-state index is 12.7. The zero-order chi connectivity index (χ0) is 20.3. The van der Waals surface area contributed by atoms with E-state index in [2.05, 4.69) is 15.1 Å². The number of carbonyl (C=O) groups is 1. The van der Waals surface area contributed by atoms with E-state index in [4.69, 9.17) is 4.74 Å². The molecule has 0 fully saturated rings. The van der Waals surface area contributed by atoms with Gasteiger partial charge in [-0.1, -0.05) is 12.1 Å². The van der Waals surface area contributed by atoms with Crippen molar-refractivity contribution in [2.75, 3.05) is 17.1 Å². The standard InChI is InChI=1S/C19H20N4O4S/c1-13-16(12-23(2)21-13)19(24)20-17-6-4-5-7-18(17)22-28(25,26)15-10-8-14(27-3)9-11-15/h4-12,22H,1-3H3,(H,20,24). The summed E-state index contributed by atoms with van der Waals surface area (Å²) >= 11 is 0. The predicted molar refractivity (Wildman–Crippen MR) is 106 cm³/mol. The second-order valence-corrected chi connectivity index (χ2v) is 7.76. The van der Waals surface area contributed by atoms with E-state index in [9.17, 15) is 13.2 Å². The first-order chi connectivity index (χ1) is 13.3. The third-order valence-corrected chi connectivity index (χ3v) is 5.43. The molecule has 9 heteroatoms. The number of nitrogens with zero attached hydrogens (tertiary/aromatic N) is 2. The number of sulfonamides is 1. The molecule has 28 heavy (non-hydrogen) atoms. The number of para-hydroxylation sites is 2. The number of benzene rings is 2. The highest BCUT2D eigenvalue weighted by Crippen LogP contribution is 2.26. The predicted octanol–water partition coefficient (Wildman–Crippen LogP) is 2.79. The van der Waals surface area contributed by atoms with Crippen molar-refractivity contribution < 1.29 is 17.9 Å². The van der Waals surface area contributed by atoms with Crippen LogP contribution in [0.1, 0.15) is 16.1 Å². The Bertz CT molecular complexity index is 1110. The lowest BCUT2D eigenvalue weighted by molar-refractivity contribution is 0.102. The molecule has 1 amide bonds. The highest BCUT2D eigenvalue weighted by molar-refractivity contribution is 7.92. The molecule has 0 aliphatic heterocycles. The van der Waals surface area contributed by atoms with E-state index < -0.39 is 10.0 Å². The van der Waals surface area contributed by atoms with Gasteiger partial charge in [-0.15, -0.1) is 0 Å². The minimum Gasteiger partial charge on any atom is -0.497 e. The van der Waals surface area contributed by atoms with Crippen LogP contribution < -0.4 is 14.8 Å².